The summed E-state index contributed by atoms with van der Waals surface area (Å²) in [4.78, 5) is 34.7. The summed E-state index contributed by atoms with van der Waals surface area (Å²) in [7, 11) is 0. The molecule has 1 aromatic carbocycles. The third kappa shape index (κ3) is 7.80. The van der Waals surface area contributed by atoms with Crippen LogP contribution < -0.4 is 5.32 Å². The summed E-state index contributed by atoms with van der Waals surface area (Å²) in [6.45, 7) is 4.27. The molecule has 0 heterocycles. The van der Waals surface area contributed by atoms with Gasteiger partial charge in [0.2, 0.25) is 0 Å². The number of nitrogens with one attached hydrogen (secondary N) is 1. The van der Waals surface area contributed by atoms with Gasteiger partial charge in [0.15, 0.2) is 6.61 Å². The van der Waals surface area contributed by atoms with Crippen LogP contribution in [0.4, 0.5) is 23.7 Å². The molecular formula is C17H21F3N2O6. The number of nitrogens with zero attached hydrogens (tertiary/aromatic N) is 1. The molecule has 1 aromatic rings. The molecule has 8 nitrogen and oxygen atoms in total. The lowest BCUT2D eigenvalue weighted by Gasteiger charge is -2.23. The second kappa shape index (κ2) is 8.89. The number of amides is 1. The first-order valence-electron chi connectivity index (χ1n) is 8.15. The van der Waals surface area contributed by atoms with Crippen LogP contribution in [0, 0.1) is 17.0 Å². The summed E-state index contributed by atoms with van der Waals surface area (Å²) >= 11 is 0. The van der Waals surface area contributed by atoms with Crippen LogP contribution >= 0.6 is 0 Å². The summed E-state index contributed by atoms with van der Waals surface area (Å²) in [5.74, 6) is -1.39. The molecule has 0 aromatic heterocycles. The van der Waals surface area contributed by atoms with Gasteiger partial charge in [0.1, 0.15) is 11.6 Å². The van der Waals surface area contributed by atoms with Crippen LogP contribution in [0.15, 0.2) is 18.2 Å². The number of para-hydroxylation sites is 1. The minimum atomic E-state index is -4.76. The zero-order valence-electron chi connectivity index (χ0n) is 15.8. The van der Waals surface area contributed by atoms with Crippen LogP contribution in [-0.4, -0.2) is 41.4 Å². The summed E-state index contributed by atoms with van der Waals surface area (Å²) < 4.78 is 46.2. The SMILES string of the molecule is Cc1cccc(C[C@H](NC(=O)OC(C)(C)C)C(=O)OCC(F)(F)F)c1[N+](=O)[O-]. The molecule has 0 aliphatic heterocycles. The Kier molecular flexibility index (Phi) is 7.36. The van der Waals surface area contributed by atoms with Gasteiger partial charge in [-0.2, -0.15) is 13.2 Å². The highest BCUT2D eigenvalue weighted by Crippen LogP contribution is 2.25. The first-order valence-corrected chi connectivity index (χ1v) is 8.15. The van der Waals surface area contributed by atoms with E-state index in [0.29, 0.717) is 5.56 Å². The van der Waals surface area contributed by atoms with E-state index in [1.54, 1.807) is 20.8 Å². The summed E-state index contributed by atoms with van der Waals surface area (Å²) in [5.41, 5.74) is -0.890. The molecule has 28 heavy (non-hydrogen) atoms. The van der Waals surface area contributed by atoms with E-state index in [1.807, 2.05) is 0 Å². The van der Waals surface area contributed by atoms with Crippen molar-refractivity contribution < 1.29 is 37.2 Å². The van der Waals surface area contributed by atoms with Gasteiger partial charge in [-0.3, -0.25) is 10.1 Å². The molecule has 1 rings (SSSR count). The molecule has 0 saturated carbocycles. The van der Waals surface area contributed by atoms with Crippen LogP contribution in [0.5, 0.6) is 0 Å². The minimum absolute atomic E-state index is 0.0509. The van der Waals surface area contributed by atoms with Crippen molar-refractivity contribution >= 4 is 17.7 Å². The van der Waals surface area contributed by atoms with Crippen LogP contribution in [0.1, 0.15) is 31.9 Å². The molecule has 11 heteroatoms. The summed E-state index contributed by atoms with van der Waals surface area (Å²) in [6, 6.07) is 2.69. The van der Waals surface area contributed by atoms with E-state index in [4.69, 9.17) is 4.74 Å². The van der Waals surface area contributed by atoms with E-state index < -0.39 is 47.8 Å². The maximum atomic E-state index is 12.3. The molecule has 0 radical (unpaired) electrons. The van der Waals surface area contributed by atoms with Crippen molar-refractivity contribution in [2.24, 2.45) is 0 Å². The number of alkyl halides is 3. The van der Waals surface area contributed by atoms with Crippen molar-refractivity contribution in [1.82, 2.24) is 5.32 Å². The Morgan fingerprint density at radius 1 is 1.25 bits per heavy atom. The highest BCUT2D eigenvalue weighted by Gasteiger charge is 2.34. The lowest BCUT2D eigenvalue weighted by Crippen LogP contribution is -2.46. The molecule has 1 amide bonds. The van der Waals surface area contributed by atoms with E-state index in [-0.39, 0.29) is 11.3 Å². The first kappa shape index (κ1) is 23.2. The maximum absolute atomic E-state index is 12.3. The molecule has 156 valence electrons. The maximum Gasteiger partial charge on any atom is 0.422 e. The molecule has 0 spiro atoms. The quantitative estimate of drug-likeness (QED) is 0.440. The number of hydrogen-bond acceptors (Lipinski definition) is 6. The van der Waals surface area contributed by atoms with E-state index >= 15 is 0 Å². The number of aryl methyl sites for hydroxylation is 1. The summed E-state index contributed by atoms with van der Waals surface area (Å²) in [5, 5.41) is 13.4. The molecule has 0 fully saturated rings. The van der Waals surface area contributed by atoms with Crippen LogP contribution in [0.3, 0.4) is 0 Å². The molecule has 1 atom stereocenters. The highest BCUT2D eigenvalue weighted by atomic mass is 19.4. The average molecular weight is 406 g/mol. The van der Waals surface area contributed by atoms with Crippen LogP contribution in [-0.2, 0) is 20.7 Å². The predicted molar refractivity (Wildman–Crippen MR) is 91.7 cm³/mol. The minimum Gasteiger partial charge on any atom is -0.454 e. The van der Waals surface area contributed by atoms with Gasteiger partial charge in [-0.1, -0.05) is 18.2 Å². The zero-order chi connectivity index (χ0) is 21.7. The van der Waals surface area contributed by atoms with Gasteiger partial charge < -0.3 is 14.8 Å². The number of ether oxygens (including phenoxy) is 2. The van der Waals surface area contributed by atoms with E-state index in [2.05, 4.69) is 10.1 Å². The molecule has 0 aliphatic carbocycles. The topological polar surface area (TPSA) is 108 Å². The second-order valence-corrected chi connectivity index (χ2v) is 6.97. The first-order chi connectivity index (χ1) is 12.7. The number of carbonyl (C=O) groups is 2. The second-order valence-electron chi connectivity index (χ2n) is 6.97. The number of carbonyl (C=O) groups excluding carboxylic acids is 2. The molecule has 0 saturated heterocycles. The van der Waals surface area contributed by atoms with Gasteiger partial charge in [0.05, 0.1) is 4.92 Å². The Hall–Kier alpha value is -2.85. The van der Waals surface area contributed by atoms with Gasteiger partial charge in [-0.15, -0.1) is 0 Å². The van der Waals surface area contributed by atoms with Crippen molar-refractivity contribution in [1.29, 1.82) is 0 Å². The number of nitro benzene ring substituents is 1. The average Bonchev–Trinajstić information content (AvgIpc) is 2.49. The molecular weight excluding hydrogens is 385 g/mol. The number of benzene rings is 1. The Balaban J connectivity index is 3.10. The lowest BCUT2D eigenvalue weighted by molar-refractivity contribution is -0.386. The fraction of sp³-hybridized carbons (Fsp3) is 0.529. The van der Waals surface area contributed by atoms with Crippen molar-refractivity contribution in [3.8, 4) is 0 Å². The molecule has 0 aliphatic rings. The standard InChI is InChI=1S/C17H21F3N2O6/c1-10-6-5-7-11(13(10)22(25)26)8-12(14(23)27-9-17(18,19)20)21-15(24)28-16(2,3)4/h5-7,12H,8-9H2,1-4H3,(H,21,24)/t12-/m0/s1. The van der Waals surface area contributed by atoms with Crippen molar-refractivity contribution in [2.45, 2.75) is 51.9 Å². The lowest BCUT2D eigenvalue weighted by atomic mass is 10.0. The number of rotatable bonds is 6. The fourth-order valence-electron chi connectivity index (χ4n) is 2.26. The summed E-state index contributed by atoms with van der Waals surface area (Å²) in [6.07, 6.45) is -6.29. The Morgan fingerprint density at radius 2 is 1.86 bits per heavy atom. The van der Waals surface area contributed by atoms with Crippen molar-refractivity contribution in [3.63, 3.8) is 0 Å². The monoisotopic (exact) mass is 406 g/mol. The van der Waals surface area contributed by atoms with Gasteiger partial charge in [0.25, 0.3) is 5.69 Å². The normalized spacial score (nSPS) is 12.8. The smallest absolute Gasteiger partial charge is 0.422 e. The van der Waals surface area contributed by atoms with Crippen molar-refractivity contribution in [3.05, 3.63) is 39.4 Å². The Morgan fingerprint density at radius 3 is 2.36 bits per heavy atom. The van der Waals surface area contributed by atoms with Gasteiger partial charge in [0, 0.05) is 17.5 Å². The third-order valence-corrected chi connectivity index (χ3v) is 3.28. The van der Waals surface area contributed by atoms with E-state index in [9.17, 15) is 32.9 Å². The van der Waals surface area contributed by atoms with Crippen LogP contribution in [0.2, 0.25) is 0 Å². The molecule has 0 unspecified atom stereocenters. The predicted octanol–water partition coefficient (Wildman–Crippen LogP) is 3.44. The van der Waals surface area contributed by atoms with Crippen LogP contribution in [0.25, 0.3) is 0 Å². The van der Waals surface area contributed by atoms with Gasteiger partial charge in [-0.25, -0.2) is 9.59 Å². The van der Waals surface area contributed by atoms with Crippen molar-refractivity contribution in [2.75, 3.05) is 6.61 Å². The van der Waals surface area contributed by atoms with E-state index in [1.165, 1.54) is 25.1 Å². The number of esters is 1. The largest absolute Gasteiger partial charge is 0.454 e. The number of halogens is 3. The fourth-order valence-corrected chi connectivity index (χ4v) is 2.26. The molecule has 0 bridgehead atoms. The molecule has 1 N–H and O–H groups in total. The Labute approximate surface area is 159 Å². The van der Waals surface area contributed by atoms with Gasteiger partial charge in [-0.05, 0) is 27.7 Å². The van der Waals surface area contributed by atoms with E-state index in [0.717, 1.165) is 0 Å². The van der Waals surface area contributed by atoms with Gasteiger partial charge >= 0.3 is 18.2 Å². The number of hydrogen-bond donors (Lipinski definition) is 1. The Bertz CT molecular complexity index is 743. The number of alkyl carbamates (subject to hydrolysis) is 1. The highest BCUT2D eigenvalue weighted by molar-refractivity contribution is 5.82. The number of nitro groups is 1. The zero-order valence-corrected chi connectivity index (χ0v) is 15.8. The third-order valence-electron chi connectivity index (χ3n) is 3.28.